The summed E-state index contributed by atoms with van der Waals surface area (Å²) in [6, 6.07) is 3.79. The van der Waals surface area contributed by atoms with Crippen molar-refractivity contribution in [2.45, 2.75) is 6.54 Å². The van der Waals surface area contributed by atoms with Crippen LogP contribution < -0.4 is 0 Å². The molecule has 0 spiro atoms. The van der Waals surface area contributed by atoms with Crippen LogP contribution in [0, 0.1) is 0 Å². The van der Waals surface area contributed by atoms with E-state index >= 15 is 0 Å². The molecule has 0 aliphatic heterocycles. The maximum atomic E-state index is 8.80. The summed E-state index contributed by atoms with van der Waals surface area (Å²) in [6.07, 6.45) is 3.56. The van der Waals surface area contributed by atoms with Crippen molar-refractivity contribution in [1.82, 2.24) is 9.55 Å². The number of nitrogens with zero attached hydrogens (tertiary/aromatic N) is 2. The van der Waals surface area contributed by atoms with Gasteiger partial charge in [0.15, 0.2) is 0 Å². The van der Waals surface area contributed by atoms with Crippen LogP contribution in [0.5, 0.6) is 0 Å². The minimum absolute atomic E-state index is 0.129. The Kier molecular flexibility index (Phi) is 2.20. The molecule has 0 aliphatic carbocycles. The summed E-state index contributed by atoms with van der Waals surface area (Å²) in [7, 11) is 0. The van der Waals surface area contributed by atoms with Gasteiger partial charge in [-0.2, -0.15) is 0 Å². The lowest BCUT2D eigenvalue weighted by atomic mass is 10.3. The van der Waals surface area contributed by atoms with Gasteiger partial charge in [-0.1, -0.05) is 11.6 Å². The topological polar surface area (TPSA) is 38.0 Å². The Morgan fingerprint density at radius 2 is 2.31 bits per heavy atom. The molecule has 13 heavy (non-hydrogen) atoms. The number of pyridine rings is 1. The fourth-order valence-electron chi connectivity index (χ4n) is 1.39. The van der Waals surface area contributed by atoms with Gasteiger partial charge in [0.1, 0.15) is 5.15 Å². The summed E-state index contributed by atoms with van der Waals surface area (Å²) in [5, 5.41) is 10.2. The Hall–Kier alpha value is -1.06. The van der Waals surface area contributed by atoms with Crippen LogP contribution in [0.4, 0.5) is 0 Å². The summed E-state index contributed by atoms with van der Waals surface area (Å²) in [5.74, 6) is 0. The van der Waals surface area contributed by atoms with Crippen LogP contribution in [0.3, 0.4) is 0 Å². The van der Waals surface area contributed by atoms with Gasteiger partial charge in [-0.05, 0) is 12.1 Å². The molecule has 0 bridgehead atoms. The molecule has 2 heterocycles. The zero-order chi connectivity index (χ0) is 9.26. The molecule has 3 nitrogen and oxygen atoms in total. The van der Waals surface area contributed by atoms with E-state index in [9.17, 15) is 0 Å². The van der Waals surface area contributed by atoms with Crippen LogP contribution in [-0.2, 0) is 6.54 Å². The van der Waals surface area contributed by atoms with Crippen molar-refractivity contribution in [3.63, 3.8) is 0 Å². The van der Waals surface area contributed by atoms with Crippen molar-refractivity contribution in [2.24, 2.45) is 0 Å². The van der Waals surface area contributed by atoms with Crippen LogP contribution in [-0.4, -0.2) is 21.3 Å². The molecule has 1 N–H and O–H groups in total. The second kappa shape index (κ2) is 3.36. The summed E-state index contributed by atoms with van der Waals surface area (Å²) >= 11 is 5.88. The molecule has 0 unspecified atom stereocenters. The highest BCUT2D eigenvalue weighted by Gasteiger charge is 2.03. The van der Waals surface area contributed by atoms with Crippen LogP contribution in [0.15, 0.2) is 24.5 Å². The molecule has 0 fully saturated rings. The van der Waals surface area contributed by atoms with Crippen molar-refractivity contribution in [3.05, 3.63) is 29.7 Å². The highest BCUT2D eigenvalue weighted by Crippen LogP contribution is 2.21. The van der Waals surface area contributed by atoms with Gasteiger partial charge >= 0.3 is 0 Å². The zero-order valence-corrected chi connectivity index (χ0v) is 7.70. The minimum atomic E-state index is 0.129. The standard InChI is InChI=1S/C9H9ClN2O/c10-9-7-2-4-12(5-6-13)8(7)1-3-11-9/h1-4,13H,5-6H2. The van der Waals surface area contributed by atoms with E-state index in [-0.39, 0.29) is 6.61 Å². The second-order valence-electron chi connectivity index (χ2n) is 2.77. The molecular formula is C9H9ClN2O. The third-order valence-corrected chi connectivity index (χ3v) is 2.29. The molecule has 0 saturated carbocycles. The molecular weight excluding hydrogens is 188 g/mol. The molecule has 2 aromatic rings. The molecule has 0 aliphatic rings. The lowest BCUT2D eigenvalue weighted by Gasteiger charge is -2.01. The Morgan fingerprint density at radius 1 is 1.46 bits per heavy atom. The quantitative estimate of drug-likeness (QED) is 0.743. The number of hydrogen-bond acceptors (Lipinski definition) is 2. The van der Waals surface area contributed by atoms with E-state index in [0.29, 0.717) is 11.7 Å². The summed E-state index contributed by atoms with van der Waals surface area (Å²) < 4.78 is 1.95. The third-order valence-electron chi connectivity index (χ3n) is 1.99. The summed E-state index contributed by atoms with van der Waals surface area (Å²) in [4.78, 5) is 3.97. The van der Waals surface area contributed by atoms with E-state index in [1.807, 2.05) is 22.9 Å². The van der Waals surface area contributed by atoms with E-state index in [1.165, 1.54) is 0 Å². The highest BCUT2D eigenvalue weighted by atomic mass is 35.5. The van der Waals surface area contributed by atoms with Crippen molar-refractivity contribution in [2.75, 3.05) is 6.61 Å². The van der Waals surface area contributed by atoms with Gasteiger partial charge in [0, 0.05) is 24.3 Å². The smallest absolute Gasteiger partial charge is 0.138 e. The monoisotopic (exact) mass is 196 g/mol. The Morgan fingerprint density at radius 3 is 3.08 bits per heavy atom. The Bertz CT molecular complexity index is 424. The first-order valence-corrected chi connectivity index (χ1v) is 4.41. The van der Waals surface area contributed by atoms with E-state index in [0.717, 1.165) is 10.9 Å². The lowest BCUT2D eigenvalue weighted by Crippen LogP contribution is -1.99. The first kappa shape index (κ1) is 8.53. The van der Waals surface area contributed by atoms with Crippen LogP contribution in [0.25, 0.3) is 10.9 Å². The molecule has 2 rings (SSSR count). The maximum absolute atomic E-state index is 8.80. The number of rotatable bonds is 2. The highest BCUT2D eigenvalue weighted by molar-refractivity contribution is 6.34. The van der Waals surface area contributed by atoms with Crippen LogP contribution in [0.1, 0.15) is 0 Å². The molecule has 0 atom stereocenters. The fraction of sp³-hybridized carbons (Fsp3) is 0.222. The zero-order valence-electron chi connectivity index (χ0n) is 6.94. The SMILES string of the molecule is OCCn1ccc2c(Cl)nccc21. The van der Waals surface area contributed by atoms with Crippen LogP contribution in [0.2, 0.25) is 5.15 Å². The molecule has 0 amide bonds. The predicted octanol–water partition coefficient (Wildman–Crippen LogP) is 1.68. The molecule has 2 aromatic heterocycles. The van der Waals surface area contributed by atoms with Gasteiger partial charge in [0.05, 0.1) is 12.1 Å². The predicted molar refractivity (Wildman–Crippen MR) is 51.8 cm³/mol. The number of halogens is 1. The van der Waals surface area contributed by atoms with E-state index in [1.54, 1.807) is 6.20 Å². The first-order chi connectivity index (χ1) is 6.33. The second-order valence-corrected chi connectivity index (χ2v) is 3.13. The lowest BCUT2D eigenvalue weighted by molar-refractivity contribution is 0.278. The van der Waals surface area contributed by atoms with E-state index in [4.69, 9.17) is 16.7 Å². The number of hydrogen-bond donors (Lipinski definition) is 1. The molecule has 0 aromatic carbocycles. The largest absolute Gasteiger partial charge is 0.395 e. The number of fused-ring (bicyclic) bond motifs is 1. The van der Waals surface area contributed by atoms with Crippen molar-refractivity contribution >= 4 is 22.5 Å². The Labute approximate surface area is 80.6 Å². The molecule has 0 saturated heterocycles. The van der Waals surface area contributed by atoms with Gasteiger partial charge < -0.3 is 9.67 Å². The van der Waals surface area contributed by atoms with Crippen LogP contribution >= 0.6 is 11.6 Å². The normalized spacial score (nSPS) is 10.9. The minimum Gasteiger partial charge on any atom is -0.395 e. The van der Waals surface area contributed by atoms with E-state index in [2.05, 4.69) is 4.98 Å². The fourth-order valence-corrected chi connectivity index (χ4v) is 1.61. The number of aliphatic hydroxyl groups excluding tert-OH is 1. The number of aliphatic hydroxyl groups is 1. The van der Waals surface area contributed by atoms with Crippen molar-refractivity contribution < 1.29 is 5.11 Å². The average Bonchev–Trinajstić information content (AvgIpc) is 2.51. The van der Waals surface area contributed by atoms with E-state index < -0.39 is 0 Å². The Balaban J connectivity index is 2.61. The van der Waals surface area contributed by atoms with Crippen molar-refractivity contribution in [3.8, 4) is 0 Å². The number of aromatic nitrogens is 2. The summed E-state index contributed by atoms with van der Waals surface area (Å²) in [6.45, 7) is 0.716. The molecule has 68 valence electrons. The first-order valence-electron chi connectivity index (χ1n) is 4.03. The van der Waals surface area contributed by atoms with Crippen molar-refractivity contribution in [1.29, 1.82) is 0 Å². The maximum Gasteiger partial charge on any atom is 0.138 e. The van der Waals surface area contributed by atoms with Gasteiger partial charge in [0.25, 0.3) is 0 Å². The molecule has 0 radical (unpaired) electrons. The third kappa shape index (κ3) is 1.41. The van der Waals surface area contributed by atoms with Gasteiger partial charge in [-0.3, -0.25) is 0 Å². The van der Waals surface area contributed by atoms with Gasteiger partial charge in [-0.15, -0.1) is 0 Å². The average molecular weight is 197 g/mol. The van der Waals surface area contributed by atoms with Gasteiger partial charge in [-0.25, -0.2) is 4.98 Å². The summed E-state index contributed by atoms with van der Waals surface area (Å²) in [5.41, 5.74) is 1.01. The molecule has 4 heteroatoms. The van der Waals surface area contributed by atoms with Gasteiger partial charge in [0.2, 0.25) is 0 Å².